The van der Waals surface area contributed by atoms with Crippen molar-refractivity contribution in [1.29, 1.82) is 0 Å². The topological polar surface area (TPSA) is 9.23 Å². The van der Waals surface area contributed by atoms with E-state index >= 15 is 0 Å². The Hall–Kier alpha value is -1.36. The number of hydrogen-bond donors (Lipinski definition) is 0. The second-order valence-corrected chi connectivity index (χ2v) is 9.00. The molecule has 1 nitrogen and oxygen atoms in total. The smallest absolute Gasteiger partial charge is 0.180 e. The van der Waals surface area contributed by atoms with E-state index in [0.717, 1.165) is 10.2 Å². The lowest BCUT2D eigenvalue weighted by atomic mass is 10.3. The minimum absolute atomic E-state index is 0.0848. The third-order valence-electron chi connectivity index (χ3n) is 3.72. The Balaban J connectivity index is 1.92. The molecule has 23 heavy (non-hydrogen) atoms. The van der Waals surface area contributed by atoms with Gasteiger partial charge in [0.1, 0.15) is 16.6 Å². The molecule has 1 heterocycles. The summed E-state index contributed by atoms with van der Waals surface area (Å²) >= 11 is 5.49. The zero-order valence-corrected chi connectivity index (χ0v) is 15.7. The van der Waals surface area contributed by atoms with Gasteiger partial charge in [-0.25, -0.2) is 0 Å². The lowest BCUT2D eigenvalue weighted by molar-refractivity contribution is 0.412. The molecule has 0 saturated carbocycles. The summed E-state index contributed by atoms with van der Waals surface area (Å²) in [5.41, 5.74) is 0. The van der Waals surface area contributed by atoms with Crippen molar-refractivity contribution >= 4 is 38.6 Å². The van der Waals surface area contributed by atoms with Crippen molar-refractivity contribution in [3.05, 3.63) is 71.2 Å². The molecule has 0 N–H and O–H groups in total. The van der Waals surface area contributed by atoms with Crippen LogP contribution in [-0.2, 0) is 10.9 Å². The van der Waals surface area contributed by atoms with Crippen LogP contribution >= 0.6 is 27.7 Å². The Morgan fingerprint density at radius 1 is 0.870 bits per heavy atom. The molecule has 1 aliphatic rings. The molecule has 0 unspecified atom stereocenters. The van der Waals surface area contributed by atoms with Crippen molar-refractivity contribution in [1.82, 2.24) is 0 Å². The average molecular weight is 402 g/mol. The molecule has 3 aromatic rings. The van der Waals surface area contributed by atoms with Crippen LogP contribution in [0.5, 0.6) is 5.75 Å². The SMILES string of the molecule is COc1ccc([S+]2c3ccccc3Sc3ccccc32)cc1Br. The highest BCUT2D eigenvalue weighted by atomic mass is 79.9. The van der Waals surface area contributed by atoms with E-state index in [0.29, 0.717) is 0 Å². The van der Waals surface area contributed by atoms with Crippen molar-refractivity contribution in [2.75, 3.05) is 7.11 Å². The monoisotopic (exact) mass is 401 g/mol. The quantitative estimate of drug-likeness (QED) is 0.380. The van der Waals surface area contributed by atoms with Gasteiger partial charge in [0.05, 0.1) is 21.4 Å². The van der Waals surface area contributed by atoms with Crippen LogP contribution in [0.3, 0.4) is 0 Å². The number of halogens is 1. The zero-order valence-electron chi connectivity index (χ0n) is 12.5. The highest BCUT2D eigenvalue weighted by molar-refractivity contribution is 9.10. The fourth-order valence-corrected chi connectivity index (χ4v) is 7.13. The molecule has 4 rings (SSSR count). The number of benzene rings is 3. The Morgan fingerprint density at radius 3 is 2.04 bits per heavy atom. The Kier molecular flexibility index (Phi) is 4.14. The fraction of sp³-hybridized carbons (Fsp3) is 0.0526. The van der Waals surface area contributed by atoms with E-state index in [4.69, 9.17) is 4.74 Å². The Morgan fingerprint density at radius 2 is 1.48 bits per heavy atom. The Bertz CT molecular complexity index is 833. The van der Waals surface area contributed by atoms with Crippen LogP contribution in [0.15, 0.2) is 95.7 Å². The first-order chi connectivity index (χ1) is 11.3. The van der Waals surface area contributed by atoms with Gasteiger partial charge in [-0.2, -0.15) is 0 Å². The molecule has 0 bridgehead atoms. The molecule has 0 atom stereocenters. The summed E-state index contributed by atoms with van der Waals surface area (Å²) in [6.07, 6.45) is 0. The number of hydrogen-bond acceptors (Lipinski definition) is 2. The van der Waals surface area contributed by atoms with Crippen LogP contribution in [0.25, 0.3) is 0 Å². The van der Waals surface area contributed by atoms with E-state index in [1.165, 1.54) is 24.5 Å². The molecule has 0 aromatic heterocycles. The predicted molar refractivity (Wildman–Crippen MR) is 99.9 cm³/mol. The van der Waals surface area contributed by atoms with Gasteiger partial charge in [-0.1, -0.05) is 36.0 Å². The molecule has 4 heteroatoms. The lowest BCUT2D eigenvalue weighted by Crippen LogP contribution is -2.11. The maximum atomic E-state index is 5.38. The van der Waals surface area contributed by atoms with Gasteiger partial charge in [0.2, 0.25) is 0 Å². The van der Waals surface area contributed by atoms with Gasteiger partial charge in [-0.05, 0) is 52.3 Å². The summed E-state index contributed by atoms with van der Waals surface area (Å²) in [6.45, 7) is 0. The minimum atomic E-state index is -0.0848. The van der Waals surface area contributed by atoms with E-state index in [-0.39, 0.29) is 10.9 Å². The summed E-state index contributed by atoms with van der Waals surface area (Å²) in [4.78, 5) is 6.79. The van der Waals surface area contributed by atoms with Gasteiger partial charge in [-0.3, -0.25) is 0 Å². The molecule has 3 aromatic carbocycles. The third-order valence-corrected chi connectivity index (χ3v) is 8.06. The van der Waals surface area contributed by atoms with Crippen LogP contribution in [0.1, 0.15) is 0 Å². The predicted octanol–water partition coefficient (Wildman–Crippen LogP) is 6.02. The molecular formula is C19H14BrOS2+. The Labute approximate surface area is 151 Å². The molecule has 114 valence electrons. The highest BCUT2D eigenvalue weighted by Crippen LogP contribution is 2.48. The molecule has 0 fully saturated rings. The average Bonchev–Trinajstić information content (AvgIpc) is 2.59. The first-order valence-corrected chi connectivity index (χ1v) is 10.0. The van der Waals surface area contributed by atoms with E-state index < -0.39 is 0 Å². The van der Waals surface area contributed by atoms with Gasteiger partial charge in [-0.15, -0.1) is 0 Å². The molecular weight excluding hydrogens is 388 g/mol. The maximum absolute atomic E-state index is 5.38. The van der Waals surface area contributed by atoms with Crippen molar-refractivity contribution in [2.24, 2.45) is 0 Å². The van der Waals surface area contributed by atoms with Crippen molar-refractivity contribution in [2.45, 2.75) is 24.5 Å². The van der Waals surface area contributed by atoms with Crippen LogP contribution in [-0.4, -0.2) is 7.11 Å². The second kappa shape index (κ2) is 6.27. The minimum Gasteiger partial charge on any atom is -0.496 e. The molecule has 0 saturated heterocycles. The van der Waals surface area contributed by atoms with Gasteiger partial charge >= 0.3 is 0 Å². The summed E-state index contributed by atoms with van der Waals surface area (Å²) in [6, 6.07) is 23.8. The first kappa shape index (κ1) is 15.2. The van der Waals surface area contributed by atoms with Crippen molar-refractivity contribution in [3.63, 3.8) is 0 Å². The molecule has 0 amide bonds. The number of ether oxygens (including phenoxy) is 1. The molecule has 0 aliphatic carbocycles. The van der Waals surface area contributed by atoms with Crippen LogP contribution < -0.4 is 4.74 Å². The number of fused-ring (bicyclic) bond motifs is 2. The van der Waals surface area contributed by atoms with Crippen LogP contribution in [0.4, 0.5) is 0 Å². The largest absolute Gasteiger partial charge is 0.496 e. The molecule has 0 spiro atoms. The maximum Gasteiger partial charge on any atom is 0.180 e. The van der Waals surface area contributed by atoms with Crippen molar-refractivity contribution in [3.8, 4) is 5.75 Å². The van der Waals surface area contributed by atoms with Gasteiger partial charge in [0, 0.05) is 6.07 Å². The summed E-state index contributed by atoms with van der Waals surface area (Å²) < 4.78 is 6.38. The highest BCUT2D eigenvalue weighted by Gasteiger charge is 2.37. The van der Waals surface area contributed by atoms with Crippen LogP contribution in [0, 0.1) is 0 Å². The summed E-state index contributed by atoms with van der Waals surface area (Å²) in [5.74, 6) is 0.866. The van der Waals surface area contributed by atoms with Crippen molar-refractivity contribution < 1.29 is 4.74 Å². The summed E-state index contributed by atoms with van der Waals surface area (Å²) in [5, 5.41) is 0. The number of methoxy groups -OCH3 is 1. The molecule has 0 radical (unpaired) electrons. The standard InChI is InChI=1S/C19H14BrOS2/c1-21-15-11-10-13(12-14(15)20)23-18-8-4-2-6-16(18)22-17-7-3-5-9-19(17)23/h2-12H,1H3/q+1. The fourth-order valence-electron chi connectivity index (χ4n) is 2.67. The van der Waals surface area contributed by atoms with E-state index in [9.17, 15) is 0 Å². The van der Waals surface area contributed by atoms with E-state index in [1.54, 1.807) is 7.11 Å². The second-order valence-electron chi connectivity index (χ2n) is 5.10. The third kappa shape index (κ3) is 2.69. The molecule has 1 aliphatic heterocycles. The van der Waals surface area contributed by atoms with Gasteiger partial charge < -0.3 is 4.74 Å². The van der Waals surface area contributed by atoms with Crippen LogP contribution in [0.2, 0.25) is 0 Å². The normalized spacial score (nSPS) is 13.3. The first-order valence-electron chi connectivity index (χ1n) is 7.21. The van der Waals surface area contributed by atoms with E-state index in [1.807, 2.05) is 17.8 Å². The van der Waals surface area contributed by atoms with Gasteiger partial charge in [0.25, 0.3) is 0 Å². The van der Waals surface area contributed by atoms with Gasteiger partial charge in [0.15, 0.2) is 14.7 Å². The summed E-state index contributed by atoms with van der Waals surface area (Å²) in [7, 11) is 1.61. The lowest BCUT2D eigenvalue weighted by Gasteiger charge is -2.19. The zero-order chi connectivity index (χ0) is 15.8. The number of rotatable bonds is 2. The van der Waals surface area contributed by atoms with E-state index in [2.05, 4.69) is 76.6 Å².